The molecule has 29 heavy (non-hydrogen) atoms. The lowest BCUT2D eigenvalue weighted by atomic mass is 9.86. The van der Waals surface area contributed by atoms with Crippen LogP contribution >= 0.6 is 0 Å². The molecule has 0 radical (unpaired) electrons. The minimum atomic E-state index is -4.63. The summed E-state index contributed by atoms with van der Waals surface area (Å²) in [5.41, 5.74) is -1.86. The Morgan fingerprint density at radius 1 is 1.31 bits per heavy atom. The third-order valence-corrected chi connectivity index (χ3v) is 5.45. The summed E-state index contributed by atoms with van der Waals surface area (Å²) in [5.74, 6) is -0.246. The van der Waals surface area contributed by atoms with E-state index in [1.54, 1.807) is 12.1 Å². The molecule has 1 aliphatic carbocycles. The predicted octanol–water partition coefficient (Wildman–Crippen LogP) is 2.98. The highest BCUT2D eigenvalue weighted by Gasteiger charge is 2.63. The lowest BCUT2D eigenvalue weighted by molar-refractivity contribution is -0.193. The van der Waals surface area contributed by atoms with Crippen molar-refractivity contribution in [3.63, 3.8) is 0 Å². The van der Waals surface area contributed by atoms with E-state index in [1.807, 2.05) is 0 Å². The molecule has 0 N–H and O–H groups in total. The van der Waals surface area contributed by atoms with Gasteiger partial charge in [-0.2, -0.15) is 18.2 Å². The van der Waals surface area contributed by atoms with Crippen LogP contribution in [0.1, 0.15) is 31.6 Å². The highest BCUT2D eigenvalue weighted by molar-refractivity contribution is 5.76. The zero-order valence-corrected chi connectivity index (χ0v) is 15.7. The molecule has 1 unspecified atom stereocenters. The molecule has 3 heterocycles. The van der Waals surface area contributed by atoms with Gasteiger partial charge in [-0.1, -0.05) is 5.16 Å². The number of pyridine rings is 1. The van der Waals surface area contributed by atoms with Crippen molar-refractivity contribution in [1.29, 1.82) is 0 Å². The Kier molecular flexibility index (Phi) is 5.28. The van der Waals surface area contributed by atoms with Gasteiger partial charge in [-0.3, -0.25) is 9.78 Å². The number of hydrogen-bond acceptors (Lipinski definition) is 6. The van der Waals surface area contributed by atoms with E-state index >= 15 is 0 Å². The number of carbonyl (C=O) groups is 1. The van der Waals surface area contributed by atoms with E-state index in [0.717, 1.165) is 12.8 Å². The Hall–Kier alpha value is -2.49. The van der Waals surface area contributed by atoms with Crippen LogP contribution in [0.2, 0.25) is 0 Å². The van der Waals surface area contributed by atoms with Crippen molar-refractivity contribution >= 4 is 5.91 Å². The Morgan fingerprint density at radius 2 is 2.07 bits per heavy atom. The zero-order valence-electron chi connectivity index (χ0n) is 15.7. The number of aromatic nitrogens is 3. The lowest BCUT2D eigenvalue weighted by Crippen LogP contribution is -2.46. The van der Waals surface area contributed by atoms with Gasteiger partial charge in [0.25, 0.3) is 0 Å². The van der Waals surface area contributed by atoms with Crippen LogP contribution in [0, 0.1) is 5.92 Å². The van der Waals surface area contributed by atoms with E-state index in [4.69, 9.17) is 9.26 Å². The number of amides is 1. The number of likely N-dealkylation sites (tertiary alicyclic amines) is 1. The van der Waals surface area contributed by atoms with E-state index in [1.165, 1.54) is 17.3 Å². The van der Waals surface area contributed by atoms with E-state index < -0.39 is 24.0 Å². The molecular formula is C19H21F3N4O3. The summed E-state index contributed by atoms with van der Waals surface area (Å²) >= 11 is 0. The minimum Gasteiger partial charge on any atom is -0.381 e. The molecule has 0 spiro atoms. The van der Waals surface area contributed by atoms with Gasteiger partial charge >= 0.3 is 6.18 Å². The van der Waals surface area contributed by atoms with Gasteiger partial charge in [-0.05, 0) is 37.3 Å². The second-order valence-electron chi connectivity index (χ2n) is 7.57. The first-order valence-electron chi connectivity index (χ1n) is 9.56. The van der Waals surface area contributed by atoms with E-state index in [-0.39, 0.29) is 37.7 Å². The SMILES string of the molecule is O=C(CCOCC1CC1)N1CCC(c2nc(-c3ccncc3)no2)(C(F)(F)F)C1. The van der Waals surface area contributed by atoms with Crippen LogP contribution in [0.15, 0.2) is 29.0 Å². The largest absolute Gasteiger partial charge is 0.405 e. The molecule has 0 bridgehead atoms. The first-order chi connectivity index (χ1) is 13.9. The van der Waals surface area contributed by atoms with Gasteiger partial charge in [0.05, 0.1) is 13.0 Å². The lowest BCUT2D eigenvalue weighted by Gasteiger charge is -2.28. The third-order valence-electron chi connectivity index (χ3n) is 5.45. The maximum absolute atomic E-state index is 14.1. The number of rotatable bonds is 7. The number of hydrogen-bond donors (Lipinski definition) is 0. The summed E-state index contributed by atoms with van der Waals surface area (Å²) in [6, 6.07) is 3.17. The number of halogens is 3. The van der Waals surface area contributed by atoms with Crippen molar-refractivity contribution in [3.05, 3.63) is 30.4 Å². The quantitative estimate of drug-likeness (QED) is 0.653. The van der Waals surface area contributed by atoms with Crippen LogP contribution in [-0.4, -0.2) is 58.4 Å². The zero-order chi connectivity index (χ0) is 20.5. The number of nitrogens with zero attached hydrogens (tertiary/aromatic N) is 4. The summed E-state index contributed by atoms with van der Waals surface area (Å²) in [7, 11) is 0. The standard InChI is InChI=1S/C19H21F3N4O3/c20-19(21,22)18(17-24-16(25-29-17)14-3-7-23-8-4-14)6-9-26(12-18)15(27)5-10-28-11-13-1-2-13/h3-4,7-8,13H,1-2,5-6,9-12H2. The molecule has 2 aliphatic rings. The van der Waals surface area contributed by atoms with Crippen molar-refractivity contribution in [2.24, 2.45) is 5.92 Å². The first kappa shape index (κ1) is 19.8. The Morgan fingerprint density at radius 3 is 2.76 bits per heavy atom. The molecule has 2 aromatic rings. The fraction of sp³-hybridized carbons (Fsp3) is 0.579. The van der Waals surface area contributed by atoms with Crippen molar-refractivity contribution in [1.82, 2.24) is 20.0 Å². The molecule has 2 aromatic heterocycles. The van der Waals surface area contributed by atoms with Gasteiger partial charge in [0.2, 0.25) is 17.6 Å². The second kappa shape index (κ2) is 7.74. The first-order valence-corrected chi connectivity index (χ1v) is 9.56. The molecule has 1 atom stereocenters. The topological polar surface area (TPSA) is 81.4 Å². The van der Waals surface area contributed by atoms with Crippen molar-refractivity contribution in [3.8, 4) is 11.4 Å². The van der Waals surface area contributed by atoms with E-state index in [9.17, 15) is 18.0 Å². The Labute approximate surface area is 165 Å². The predicted molar refractivity (Wildman–Crippen MR) is 94.6 cm³/mol. The van der Waals surface area contributed by atoms with Crippen molar-refractivity contribution < 1.29 is 27.2 Å². The molecule has 1 aliphatic heterocycles. The van der Waals surface area contributed by atoms with Crippen molar-refractivity contribution in [2.75, 3.05) is 26.3 Å². The van der Waals surface area contributed by atoms with Crippen LogP contribution in [0.4, 0.5) is 13.2 Å². The average Bonchev–Trinajstić information content (AvgIpc) is 3.19. The third kappa shape index (κ3) is 4.12. The normalized spacial score (nSPS) is 22.2. The van der Waals surface area contributed by atoms with Gasteiger partial charge in [0.15, 0.2) is 5.41 Å². The average molecular weight is 410 g/mol. The summed E-state index contributed by atoms with van der Waals surface area (Å²) in [6.45, 7) is 0.279. The second-order valence-corrected chi connectivity index (χ2v) is 7.57. The van der Waals surface area contributed by atoms with Gasteiger partial charge in [-0.15, -0.1) is 0 Å². The molecule has 7 nitrogen and oxygen atoms in total. The Balaban J connectivity index is 1.47. The Bertz CT molecular complexity index is 854. The molecule has 10 heteroatoms. The summed E-state index contributed by atoms with van der Waals surface area (Å²) in [6.07, 6.45) is 0.375. The fourth-order valence-electron chi connectivity index (χ4n) is 3.44. The molecule has 1 saturated heterocycles. The minimum absolute atomic E-state index is 0.0199. The number of ether oxygens (including phenoxy) is 1. The fourth-order valence-corrected chi connectivity index (χ4v) is 3.44. The van der Waals surface area contributed by atoms with Crippen LogP contribution in [0.25, 0.3) is 11.4 Å². The monoisotopic (exact) mass is 410 g/mol. The number of alkyl halides is 3. The van der Waals surface area contributed by atoms with Crippen molar-refractivity contribution in [2.45, 2.75) is 37.3 Å². The smallest absolute Gasteiger partial charge is 0.381 e. The van der Waals surface area contributed by atoms with Gasteiger partial charge in [0, 0.05) is 37.7 Å². The molecule has 0 aromatic carbocycles. The van der Waals surface area contributed by atoms with Crippen LogP contribution in [-0.2, 0) is 14.9 Å². The summed E-state index contributed by atoms with van der Waals surface area (Å²) < 4.78 is 52.6. The van der Waals surface area contributed by atoms with Gasteiger partial charge in [0.1, 0.15) is 0 Å². The maximum atomic E-state index is 14.1. The number of carbonyl (C=O) groups excluding carboxylic acids is 1. The molecular weight excluding hydrogens is 389 g/mol. The van der Waals surface area contributed by atoms with Gasteiger partial charge in [-0.25, -0.2) is 0 Å². The van der Waals surface area contributed by atoms with Crippen LogP contribution in [0.3, 0.4) is 0 Å². The molecule has 156 valence electrons. The highest BCUT2D eigenvalue weighted by Crippen LogP contribution is 2.47. The van der Waals surface area contributed by atoms with Gasteiger partial charge < -0.3 is 14.2 Å². The highest BCUT2D eigenvalue weighted by atomic mass is 19.4. The molecule has 4 rings (SSSR count). The molecule has 2 fully saturated rings. The van der Waals surface area contributed by atoms with Crippen LogP contribution in [0.5, 0.6) is 0 Å². The molecule has 1 amide bonds. The van der Waals surface area contributed by atoms with Crippen LogP contribution < -0.4 is 0 Å². The molecule has 1 saturated carbocycles. The van der Waals surface area contributed by atoms with E-state index in [0.29, 0.717) is 18.1 Å². The maximum Gasteiger partial charge on any atom is 0.405 e. The summed E-state index contributed by atoms with van der Waals surface area (Å²) in [4.78, 5) is 21.5. The van der Waals surface area contributed by atoms with E-state index in [2.05, 4.69) is 15.1 Å². The summed E-state index contributed by atoms with van der Waals surface area (Å²) in [5, 5.41) is 3.71.